The van der Waals surface area contributed by atoms with Crippen molar-refractivity contribution >= 4 is 0 Å². The molecule has 0 radical (unpaired) electrons. The number of nitrogens with one attached hydrogen (secondary N) is 1. The van der Waals surface area contributed by atoms with Crippen molar-refractivity contribution in [3.63, 3.8) is 0 Å². The van der Waals surface area contributed by atoms with Gasteiger partial charge in [0.1, 0.15) is 11.9 Å². The predicted octanol–water partition coefficient (Wildman–Crippen LogP) is 2.77. The Balaban J connectivity index is 1.67. The van der Waals surface area contributed by atoms with E-state index in [1.54, 1.807) is 0 Å². The van der Waals surface area contributed by atoms with Crippen LogP contribution in [0.25, 0.3) is 0 Å². The number of ether oxygens (including phenoxy) is 1. The molecule has 0 aliphatic carbocycles. The molecule has 0 bridgehead atoms. The van der Waals surface area contributed by atoms with Crippen LogP contribution in [0.2, 0.25) is 0 Å². The molecule has 0 saturated carbocycles. The Labute approximate surface area is 98.0 Å². The average Bonchev–Trinajstić information content (AvgIpc) is 2.71. The number of hydrogen-bond acceptors (Lipinski definition) is 2. The molecular formula is C14H21NO. The minimum absolute atomic E-state index is 0.404. The molecule has 1 aromatic rings. The van der Waals surface area contributed by atoms with Crippen LogP contribution in [-0.4, -0.2) is 19.2 Å². The van der Waals surface area contributed by atoms with Gasteiger partial charge < -0.3 is 10.1 Å². The number of benzene rings is 1. The van der Waals surface area contributed by atoms with E-state index in [-0.39, 0.29) is 0 Å². The van der Waals surface area contributed by atoms with Crippen molar-refractivity contribution in [1.29, 1.82) is 0 Å². The summed E-state index contributed by atoms with van der Waals surface area (Å²) in [5.74, 6) is 1.09. The normalized spacial score (nSPS) is 18.2. The second-order valence-corrected chi connectivity index (χ2v) is 4.44. The third kappa shape index (κ3) is 2.99. The van der Waals surface area contributed by atoms with Crippen LogP contribution in [0.5, 0.6) is 5.75 Å². The van der Waals surface area contributed by atoms with Crippen LogP contribution in [0.15, 0.2) is 24.3 Å². The molecule has 0 aromatic heterocycles. The summed E-state index contributed by atoms with van der Waals surface area (Å²) < 4.78 is 5.89. The van der Waals surface area contributed by atoms with Gasteiger partial charge in [-0.3, -0.25) is 0 Å². The largest absolute Gasteiger partial charge is 0.490 e. The minimum atomic E-state index is 0.404. The Kier molecular flexibility index (Phi) is 4.23. The van der Waals surface area contributed by atoms with Gasteiger partial charge in [0.25, 0.3) is 0 Å². The third-order valence-electron chi connectivity index (χ3n) is 3.02. The molecule has 1 aliphatic heterocycles. The maximum atomic E-state index is 5.89. The average molecular weight is 219 g/mol. The van der Waals surface area contributed by atoms with E-state index >= 15 is 0 Å². The zero-order valence-corrected chi connectivity index (χ0v) is 10.0. The first-order chi connectivity index (χ1) is 7.90. The zero-order valence-electron chi connectivity index (χ0n) is 10.0. The molecule has 1 N–H and O–H groups in total. The van der Waals surface area contributed by atoms with Crippen molar-refractivity contribution in [2.75, 3.05) is 13.1 Å². The molecule has 0 saturated heterocycles. The Hall–Kier alpha value is -1.02. The van der Waals surface area contributed by atoms with Gasteiger partial charge in [-0.2, -0.15) is 0 Å². The van der Waals surface area contributed by atoms with Crippen LogP contribution in [0.3, 0.4) is 0 Å². The van der Waals surface area contributed by atoms with Crippen molar-refractivity contribution < 1.29 is 4.74 Å². The van der Waals surface area contributed by atoms with Gasteiger partial charge in [-0.15, -0.1) is 0 Å². The van der Waals surface area contributed by atoms with Crippen molar-refractivity contribution in [2.45, 2.75) is 38.7 Å². The summed E-state index contributed by atoms with van der Waals surface area (Å²) in [4.78, 5) is 0. The first kappa shape index (κ1) is 11.5. The minimum Gasteiger partial charge on any atom is -0.490 e. The zero-order chi connectivity index (χ0) is 11.2. The van der Waals surface area contributed by atoms with Crippen LogP contribution < -0.4 is 10.1 Å². The second kappa shape index (κ2) is 5.90. The molecule has 1 unspecified atom stereocenters. The molecule has 2 nitrogen and oxygen atoms in total. The quantitative estimate of drug-likeness (QED) is 0.743. The summed E-state index contributed by atoms with van der Waals surface area (Å²) in [5, 5.41) is 3.42. The standard InChI is InChI=1S/C14H21NO/c1-2-9-15-10-5-7-13-11-12-6-3-4-8-14(12)16-13/h3-4,6,8,13,15H,2,5,7,9-11H2,1H3. The summed E-state index contributed by atoms with van der Waals surface area (Å²) in [5.41, 5.74) is 1.37. The smallest absolute Gasteiger partial charge is 0.123 e. The lowest BCUT2D eigenvalue weighted by molar-refractivity contribution is 0.217. The van der Waals surface area contributed by atoms with E-state index < -0.39 is 0 Å². The number of para-hydroxylation sites is 1. The van der Waals surface area contributed by atoms with E-state index in [4.69, 9.17) is 4.74 Å². The molecule has 1 aromatic carbocycles. The SMILES string of the molecule is CCCNCCCC1Cc2ccccc2O1. The lowest BCUT2D eigenvalue weighted by atomic mass is 10.1. The van der Waals surface area contributed by atoms with Gasteiger partial charge in [0, 0.05) is 6.42 Å². The molecule has 1 atom stereocenters. The van der Waals surface area contributed by atoms with E-state index in [1.807, 2.05) is 6.07 Å². The molecule has 16 heavy (non-hydrogen) atoms. The molecule has 1 heterocycles. The van der Waals surface area contributed by atoms with Crippen molar-refractivity contribution in [2.24, 2.45) is 0 Å². The molecule has 0 spiro atoms. The van der Waals surface area contributed by atoms with Gasteiger partial charge in [0.2, 0.25) is 0 Å². The van der Waals surface area contributed by atoms with Crippen molar-refractivity contribution in [3.05, 3.63) is 29.8 Å². The number of hydrogen-bond donors (Lipinski definition) is 1. The van der Waals surface area contributed by atoms with Gasteiger partial charge in [-0.1, -0.05) is 25.1 Å². The van der Waals surface area contributed by atoms with Crippen molar-refractivity contribution in [3.8, 4) is 5.75 Å². The van der Waals surface area contributed by atoms with Crippen LogP contribution in [0.4, 0.5) is 0 Å². The lowest BCUT2D eigenvalue weighted by Crippen LogP contribution is -2.19. The molecular weight excluding hydrogens is 198 g/mol. The van der Waals surface area contributed by atoms with Crippen molar-refractivity contribution in [1.82, 2.24) is 5.32 Å². The second-order valence-electron chi connectivity index (χ2n) is 4.44. The van der Waals surface area contributed by atoms with Crippen LogP contribution in [-0.2, 0) is 6.42 Å². The van der Waals surface area contributed by atoms with Gasteiger partial charge in [-0.05, 0) is 44.0 Å². The van der Waals surface area contributed by atoms with Gasteiger partial charge >= 0.3 is 0 Å². The Morgan fingerprint density at radius 3 is 3.00 bits per heavy atom. The van der Waals surface area contributed by atoms with Gasteiger partial charge in [0.15, 0.2) is 0 Å². The Morgan fingerprint density at radius 1 is 1.31 bits per heavy atom. The van der Waals surface area contributed by atoms with Gasteiger partial charge in [-0.25, -0.2) is 0 Å². The first-order valence-electron chi connectivity index (χ1n) is 6.35. The molecule has 88 valence electrons. The molecule has 0 amide bonds. The van der Waals surface area contributed by atoms with E-state index in [2.05, 4.69) is 30.4 Å². The van der Waals surface area contributed by atoms with Gasteiger partial charge in [0.05, 0.1) is 0 Å². The number of fused-ring (bicyclic) bond motifs is 1. The summed E-state index contributed by atoms with van der Waals surface area (Å²) in [6.07, 6.45) is 5.07. The fraction of sp³-hybridized carbons (Fsp3) is 0.571. The first-order valence-corrected chi connectivity index (χ1v) is 6.35. The highest BCUT2D eigenvalue weighted by molar-refractivity contribution is 5.37. The lowest BCUT2D eigenvalue weighted by Gasteiger charge is -2.10. The predicted molar refractivity (Wildman–Crippen MR) is 67.0 cm³/mol. The maximum Gasteiger partial charge on any atom is 0.123 e. The van der Waals surface area contributed by atoms with E-state index in [1.165, 1.54) is 18.4 Å². The highest BCUT2D eigenvalue weighted by atomic mass is 16.5. The van der Waals surface area contributed by atoms with E-state index in [9.17, 15) is 0 Å². The molecule has 2 rings (SSSR count). The fourth-order valence-electron chi connectivity index (χ4n) is 2.17. The maximum absolute atomic E-state index is 5.89. The molecule has 1 aliphatic rings. The van der Waals surface area contributed by atoms with E-state index in [0.717, 1.165) is 31.7 Å². The van der Waals surface area contributed by atoms with Crippen LogP contribution in [0, 0.1) is 0 Å². The summed E-state index contributed by atoms with van der Waals surface area (Å²) in [6.45, 7) is 4.44. The number of rotatable bonds is 6. The highest BCUT2D eigenvalue weighted by Crippen LogP contribution is 2.29. The molecule has 0 fully saturated rings. The van der Waals surface area contributed by atoms with E-state index in [0.29, 0.717) is 6.10 Å². The Morgan fingerprint density at radius 2 is 2.19 bits per heavy atom. The topological polar surface area (TPSA) is 21.3 Å². The molecule has 2 heteroatoms. The Bertz CT molecular complexity index is 299. The monoisotopic (exact) mass is 219 g/mol. The highest BCUT2D eigenvalue weighted by Gasteiger charge is 2.21. The van der Waals surface area contributed by atoms with Crippen LogP contribution >= 0.6 is 0 Å². The summed E-state index contributed by atoms with van der Waals surface area (Å²) in [6, 6.07) is 8.38. The summed E-state index contributed by atoms with van der Waals surface area (Å²) in [7, 11) is 0. The third-order valence-corrected chi connectivity index (χ3v) is 3.02. The summed E-state index contributed by atoms with van der Waals surface area (Å²) >= 11 is 0. The fourth-order valence-corrected chi connectivity index (χ4v) is 2.17. The van der Waals surface area contributed by atoms with Crippen LogP contribution in [0.1, 0.15) is 31.7 Å².